The van der Waals surface area contributed by atoms with Gasteiger partial charge in [0.2, 0.25) is 5.56 Å². The number of hydrogen-bond acceptors (Lipinski definition) is 8. The molecule has 1 fully saturated rings. The van der Waals surface area contributed by atoms with Crippen molar-refractivity contribution in [3.05, 3.63) is 118 Å². The number of aryl methyl sites for hydroxylation is 2. The number of anilines is 1. The molecule has 0 radical (unpaired) electrons. The molecule has 12 nitrogen and oxygen atoms in total. The van der Waals surface area contributed by atoms with Crippen molar-refractivity contribution < 1.29 is 20.1 Å². The Morgan fingerprint density at radius 2 is 1.77 bits per heavy atom. The molecule has 2 aromatic heterocycles. The summed E-state index contributed by atoms with van der Waals surface area (Å²) in [5, 5.41) is 44.2. The van der Waals surface area contributed by atoms with Crippen LogP contribution < -0.4 is 21.5 Å². The summed E-state index contributed by atoms with van der Waals surface area (Å²) in [5.74, 6) is -0.0483. The molecule has 1 saturated carbocycles. The smallest absolute Gasteiger partial charge is 0.412 e. The lowest BCUT2D eigenvalue weighted by atomic mass is 9.89. The number of aromatic amines is 1. The summed E-state index contributed by atoms with van der Waals surface area (Å²) in [7, 11) is 0. The fraction of sp³-hybridized carbons (Fsp3) is 0.300. The van der Waals surface area contributed by atoms with Gasteiger partial charge in [0.15, 0.2) is 0 Å². The topological polar surface area (TPSA) is 183 Å². The zero-order valence-corrected chi connectivity index (χ0v) is 28.8. The predicted octanol–water partition coefficient (Wildman–Crippen LogP) is 5.86. The highest BCUT2D eigenvalue weighted by Gasteiger charge is 2.30. The second kappa shape index (κ2) is 15.4. The minimum absolute atomic E-state index is 0.0483. The molecule has 12 heteroatoms. The van der Waals surface area contributed by atoms with Crippen LogP contribution >= 0.6 is 0 Å². The number of aromatic nitrogens is 4. The monoisotopic (exact) mass is 701 g/mol. The number of aliphatic hydroxyl groups is 1. The number of nitrogens with two attached hydrogens (primary N) is 1. The van der Waals surface area contributed by atoms with E-state index < -0.39 is 12.2 Å². The Bertz CT molecular complexity index is 2250. The molecule has 268 valence electrons. The lowest BCUT2D eigenvalue weighted by Crippen LogP contribution is -2.44. The minimum Gasteiger partial charge on any atom is -0.506 e. The van der Waals surface area contributed by atoms with Crippen LogP contribution in [0.4, 0.5) is 10.5 Å². The maximum absolute atomic E-state index is 12.7. The molecule has 2 heterocycles. The van der Waals surface area contributed by atoms with Crippen LogP contribution in [0.5, 0.6) is 5.75 Å². The Hall–Kier alpha value is -5.56. The summed E-state index contributed by atoms with van der Waals surface area (Å²) in [4.78, 5) is 28.7. The van der Waals surface area contributed by atoms with E-state index in [9.17, 15) is 24.9 Å². The molecule has 1 unspecified atom stereocenters. The molecule has 52 heavy (non-hydrogen) atoms. The van der Waals surface area contributed by atoms with E-state index in [0.717, 1.165) is 71.8 Å². The Morgan fingerprint density at radius 3 is 2.56 bits per heavy atom. The number of pyridine rings is 1. The van der Waals surface area contributed by atoms with Crippen molar-refractivity contribution in [3.63, 3.8) is 0 Å². The molecular formula is C40H43N7O5. The second-order valence-electron chi connectivity index (χ2n) is 13.6. The third-order valence-electron chi connectivity index (χ3n) is 10.1. The molecule has 0 bridgehead atoms. The summed E-state index contributed by atoms with van der Waals surface area (Å²) in [6, 6.07) is 28.2. The van der Waals surface area contributed by atoms with E-state index in [2.05, 4.69) is 26.7 Å². The Morgan fingerprint density at radius 1 is 0.981 bits per heavy atom. The average molecular weight is 702 g/mol. The number of aromatic hydroxyl groups is 1. The summed E-state index contributed by atoms with van der Waals surface area (Å²) < 4.78 is 1.89. The molecule has 1 atom stereocenters. The number of rotatable bonds is 12. The fourth-order valence-electron chi connectivity index (χ4n) is 7.35. The van der Waals surface area contributed by atoms with Gasteiger partial charge in [-0.3, -0.25) is 9.69 Å². The van der Waals surface area contributed by atoms with Crippen LogP contribution in [-0.4, -0.2) is 60.0 Å². The number of nitrogens with zero attached hydrogens (tertiary/aromatic N) is 4. The number of phenols is 1. The molecule has 1 amide bonds. The van der Waals surface area contributed by atoms with Gasteiger partial charge in [0.1, 0.15) is 11.3 Å². The van der Waals surface area contributed by atoms with Gasteiger partial charge >= 0.3 is 6.09 Å². The maximum atomic E-state index is 12.7. The quantitative estimate of drug-likeness (QED) is 0.0911. The number of aliphatic hydroxyl groups excluding tert-OH is 1. The molecule has 4 aromatic carbocycles. The van der Waals surface area contributed by atoms with Crippen LogP contribution in [0.15, 0.2) is 95.8 Å². The highest BCUT2D eigenvalue weighted by atomic mass is 16.4. The summed E-state index contributed by atoms with van der Waals surface area (Å²) in [6.07, 6.45) is 2.83. The Kier molecular flexibility index (Phi) is 10.3. The normalized spacial score (nSPS) is 16.7. The van der Waals surface area contributed by atoms with Gasteiger partial charge in [-0.05, 0) is 91.1 Å². The van der Waals surface area contributed by atoms with Crippen molar-refractivity contribution in [1.29, 1.82) is 0 Å². The largest absolute Gasteiger partial charge is 0.506 e. The fourth-order valence-corrected chi connectivity index (χ4v) is 7.35. The first kappa shape index (κ1) is 34.9. The molecule has 1 aliphatic rings. The van der Waals surface area contributed by atoms with Crippen molar-refractivity contribution in [1.82, 2.24) is 25.3 Å². The van der Waals surface area contributed by atoms with Gasteiger partial charge in [0.05, 0.1) is 22.8 Å². The first-order chi connectivity index (χ1) is 25.2. The van der Waals surface area contributed by atoms with Crippen LogP contribution in [-0.2, 0) is 19.5 Å². The third kappa shape index (κ3) is 7.54. The van der Waals surface area contributed by atoms with Crippen molar-refractivity contribution in [3.8, 4) is 16.9 Å². The van der Waals surface area contributed by atoms with E-state index in [0.29, 0.717) is 35.2 Å². The van der Waals surface area contributed by atoms with Gasteiger partial charge in [0, 0.05) is 48.7 Å². The average Bonchev–Trinajstić information content (AvgIpc) is 3.55. The number of benzene rings is 4. The van der Waals surface area contributed by atoms with E-state index in [1.165, 1.54) is 12.1 Å². The molecule has 7 rings (SSSR count). The third-order valence-corrected chi connectivity index (χ3v) is 10.1. The molecule has 0 aliphatic heterocycles. The second-order valence-corrected chi connectivity index (χ2v) is 13.6. The van der Waals surface area contributed by atoms with E-state index in [4.69, 9.17) is 5.73 Å². The zero-order chi connectivity index (χ0) is 36.2. The first-order valence-corrected chi connectivity index (χ1v) is 17.8. The van der Waals surface area contributed by atoms with Gasteiger partial charge < -0.3 is 31.4 Å². The Balaban J connectivity index is 1.00. The van der Waals surface area contributed by atoms with Gasteiger partial charge in [-0.25, -0.2) is 9.48 Å². The SMILES string of the molecule is N[C@H]1CC[C@H](N(C(=O)O)c2cc(CCCn3nnc4cc(CNCC(O)c5ccc(O)c6[nH]c(=O)ccc56)ccc43)ccc2-c2ccccc2)CC1. The minimum atomic E-state index is -0.945. The lowest BCUT2D eigenvalue weighted by Gasteiger charge is -2.35. The number of phenolic OH excluding ortho intramolecular Hbond substituents is 1. The van der Waals surface area contributed by atoms with Crippen molar-refractivity contribution in [2.45, 2.75) is 69.8 Å². The van der Waals surface area contributed by atoms with E-state index in [-0.39, 0.29) is 29.9 Å². The summed E-state index contributed by atoms with van der Waals surface area (Å²) >= 11 is 0. The first-order valence-electron chi connectivity index (χ1n) is 17.8. The molecule has 1 aliphatic carbocycles. The highest BCUT2D eigenvalue weighted by Crippen LogP contribution is 2.36. The van der Waals surface area contributed by atoms with E-state index >= 15 is 0 Å². The van der Waals surface area contributed by atoms with Crippen LogP contribution in [0.1, 0.15) is 54.9 Å². The van der Waals surface area contributed by atoms with Gasteiger partial charge in [0.25, 0.3) is 0 Å². The van der Waals surface area contributed by atoms with Crippen LogP contribution in [0.25, 0.3) is 33.1 Å². The highest BCUT2D eigenvalue weighted by molar-refractivity contribution is 5.94. The van der Waals surface area contributed by atoms with Gasteiger partial charge in [-0.1, -0.05) is 59.8 Å². The molecule has 6 aromatic rings. The van der Waals surface area contributed by atoms with Crippen LogP contribution in [0.3, 0.4) is 0 Å². The standard InChI is InChI=1S/C40H43N7O5/c41-28-10-12-29(13-11-28)47(40(51)52)35-22-25(8-14-30(35)27-6-2-1-3-7-27)5-4-20-46-34-17-9-26(21-33(34)44-45-46)23-42-24-37(49)31-15-18-36(48)39-32(31)16-19-38(50)43-39/h1-3,6-9,14-19,21-22,28-29,37,42,48-49H,4-5,10-13,20,23-24,41H2,(H,43,50)(H,51,52)/t28-,29-,37?. The van der Waals surface area contributed by atoms with Gasteiger partial charge in [-0.15, -0.1) is 5.10 Å². The number of carboxylic acid groups (broad SMARTS) is 1. The van der Waals surface area contributed by atoms with Crippen molar-refractivity contribution in [2.75, 3.05) is 11.4 Å². The molecule has 7 N–H and O–H groups in total. The van der Waals surface area contributed by atoms with Crippen LogP contribution in [0.2, 0.25) is 0 Å². The van der Waals surface area contributed by atoms with Gasteiger partial charge in [-0.2, -0.15) is 0 Å². The number of H-pyrrole nitrogens is 1. The lowest BCUT2D eigenvalue weighted by molar-refractivity contribution is 0.176. The van der Waals surface area contributed by atoms with E-state index in [1.807, 2.05) is 65.3 Å². The summed E-state index contributed by atoms with van der Waals surface area (Å²) in [5.41, 5.74) is 13.1. The number of hydrogen-bond donors (Lipinski definition) is 6. The predicted molar refractivity (Wildman–Crippen MR) is 201 cm³/mol. The number of fused-ring (bicyclic) bond motifs is 2. The maximum Gasteiger partial charge on any atom is 0.412 e. The number of amides is 1. The van der Waals surface area contributed by atoms with Crippen LogP contribution in [0, 0.1) is 0 Å². The molecular weight excluding hydrogens is 658 g/mol. The number of nitrogens with one attached hydrogen (secondary N) is 2. The van der Waals surface area contributed by atoms with E-state index in [1.54, 1.807) is 17.0 Å². The molecule has 0 saturated heterocycles. The Labute approximate surface area is 300 Å². The zero-order valence-electron chi connectivity index (χ0n) is 28.8. The number of carbonyl (C=O) groups is 1. The van der Waals surface area contributed by atoms with Crippen molar-refractivity contribution >= 4 is 33.7 Å². The summed E-state index contributed by atoms with van der Waals surface area (Å²) in [6.45, 7) is 1.40. The van der Waals surface area contributed by atoms with Crippen molar-refractivity contribution in [2.24, 2.45) is 5.73 Å². The molecule has 0 spiro atoms.